The maximum absolute atomic E-state index is 5.91. The second kappa shape index (κ2) is 6.59. The number of alkyl halides is 1. The summed E-state index contributed by atoms with van der Waals surface area (Å²) in [7, 11) is 0. The molecule has 0 aliphatic heterocycles. The molecule has 0 N–H and O–H groups in total. The Hall–Kier alpha value is -0.950. The summed E-state index contributed by atoms with van der Waals surface area (Å²) in [4.78, 5) is 0. The van der Waals surface area contributed by atoms with Gasteiger partial charge in [0.2, 0.25) is 0 Å². The molecule has 0 unspecified atom stereocenters. The van der Waals surface area contributed by atoms with Gasteiger partial charge in [-0.3, -0.25) is 0 Å². The van der Waals surface area contributed by atoms with Gasteiger partial charge in [-0.25, -0.2) is 0 Å². The van der Waals surface area contributed by atoms with Crippen LogP contribution in [0.4, 0.5) is 0 Å². The van der Waals surface area contributed by atoms with E-state index >= 15 is 0 Å². The predicted octanol–water partition coefficient (Wildman–Crippen LogP) is 4.36. The third-order valence-corrected chi connectivity index (χ3v) is 2.73. The largest absolute Gasteiger partial charge is 0.494 e. The summed E-state index contributed by atoms with van der Waals surface area (Å²) in [6, 6.07) is 8.08. The molecule has 88 valence electrons. The molecule has 0 saturated heterocycles. The summed E-state index contributed by atoms with van der Waals surface area (Å²) < 4.78 is 5.46. The van der Waals surface area contributed by atoms with Crippen LogP contribution in [0.1, 0.15) is 26.3 Å². The van der Waals surface area contributed by atoms with Crippen LogP contribution in [0, 0.1) is 5.92 Å². The van der Waals surface area contributed by atoms with E-state index in [4.69, 9.17) is 16.3 Å². The van der Waals surface area contributed by atoms with Gasteiger partial charge in [-0.2, -0.15) is 0 Å². The number of hydrogen-bond acceptors (Lipinski definition) is 1. The zero-order valence-corrected chi connectivity index (χ0v) is 10.9. The summed E-state index contributed by atoms with van der Waals surface area (Å²) >= 11 is 5.91. The fraction of sp³-hybridized carbons (Fsp3) is 0.429. The molecular weight excluding hydrogens is 220 g/mol. The van der Waals surface area contributed by atoms with E-state index in [-0.39, 0.29) is 0 Å². The van der Waals surface area contributed by atoms with E-state index in [0.29, 0.717) is 18.4 Å². The monoisotopic (exact) mass is 238 g/mol. The van der Waals surface area contributed by atoms with Crippen LogP contribution in [-0.4, -0.2) is 12.5 Å². The number of benzene rings is 1. The number of halogens is 1. The molecule has 0 atom stereocenters. The van der Waals surface area contributed by atoms with Gasteiger partial charge in [0, 0.05) is 5.88 Å². The Labute approximate surface area is 103 Å². The van der Waals surface area contributed by atoms with E-state index in [9.17, 15) is 0 Å². The van der Waals surface area contributed by atoms with Gasteiger partial charge in [0.15, 0.2) is 0 Å². The van der Waals surface area contributed by atoms with Gasteiger partial charge >= 0.3 is 0 Å². The van der Waals surface area contributed by atoms with Gasteiger partial charge in [-0.1, -0.05) is 37.6 Å². The van der Waals surface area contributed by atoms with Crippen LogP contribution in [0.3, 0.4) is 0 Å². The van der Waals surface area contributed by atoms with Crippen molar-refractivity contribution in [2.45, 2.75) is 20.8 Å². The molecule has 1 nitrogen and oxygen atoms in total. The van der Waals surface area contributed by atoms with E-state index in [1.807, 2.05) is 25.1 Å². The van der Waals surface area contributed by atoms with Crippen molar-refractivity contribution < 1.29 is 4.74 Å². The quantitative estimate of drug-likeness (QED) is 0.693. The van der Waals surface area contributed by atoms with Crippen molar-refractivity contribution in [2.24, 2.45) is 5.92 Å². The zero-order chi connectivity index (χ0) is 12.0. The average Bonchev–Trinajstić information content (AvgIpc) is 2.26. The molecule has 2 heteroatoms. The van der Waals surface area contributed by atoms with Gasteiger partial charge in [-0.15, -0.1) is 11.6 Å². The molecule has 0 radical (unpaired) electrons. The lowest BCUT2D eigenvalue weighted by molar-refractivity contribution is 0.340. The van der Waals surface area contributed by atoms with Gasteiger partial charge in [0.25, 0.3) is 0 Å². The standard InChI is InChI=1S/C14H19ClO/c1-4-16-14-7-5-6-12(9-14)8-13(10-15)11(2)3/h5-9,11H,4,10H2,1-3H3. The molecule has 0 fully saturated rings. The Morgan fingerprint density at radius 2 is 2.19 bits per heavy atom. The second-order valence-electron chi connectivity index (χ2n) is 4.01. The van der Waals surface area contributed by atoms with Crippen LogP contribution in [0.25, 0.3) is 6.08 Å². The van der Waals surface area contributed by atoms with Gasteiger partial charge < -0.3 is 4.74 Å². The van der Waals surface area contributed by atoms with Crippen molar-refractivity contribution in [1.82, 2.24) is 0 Å². The summed E-state index contributed by atoms with van der Waals surface area (Å²) in [6.07, 6.45) is 2.14. The predicted molar refractivity (Wildman–Crippen MR) is 71.1 cm³/mol. The van der Waals surface area contributed by atoms with Crippen molar-refractivity contribution in [3.63, 3.8) is 0 Å². The van der Waals surface area contributed by atoms with Crippen LogP contribution in [0.15, 0.2) is 29.8 Å². The lowest BCUT2D eigenvalue weighted by Gasteiger charge is -2.08. The van der Waals surface area contributed by atoms with Crippen molar-refractivity contribution in [3.05, 3.63) is 35.4 Å². The number of allylic oxidation sites excluding steroid dienone is 1. The molecule has 0 spiro atoms. The molecule has 1 rings (SSSR count). The second-order valence-corrected chi connectivity index (χ2v) is 4.28. The molecular formula is C14H19ClO. The van der Waals surface area contributed by atoms with Crippen LogP contribution < -0.4 is 4.74 Å². The SMILES string of the molecule is CCOc1cccc(C=C(CCl)C(C)C)c1. The molecule has 0 saturated carbocycles. The minimum Gasteiger partial charge on any atom is -0.494 e. The van der Waals surface area contributed by atoms with Crippen molar-refractivity contribution >= 4 is 17.7 Å². The highest BCUT2D eigenvalue weighted by Crippen LogP contribution is 2.19. The molecule has 1 aromatic rings. The molecule has 0 aromatic heterocycles. The Morgan fingerprint density at radius 3 is 2.75 bits per heavy atom. The number of rotatable bonds is 5. The molecule has 1 aromatic carbocycles. The summed E-state index contributed by atoms with van der Waals surface area (Å²) in [6.45, 7) is 6.99. The molecule has 0 heterocycles. The van der Waals surface area contributed by atoms with Crippen LogP contribution in [0.5, 0.6) is 5.75 Å². The van der Waals surface area contributed by atoms with E-state index < -0.39 is 0 Å². The molecule has 16 heavy (non-hydrogen) atoms. The first kappa shape index (κ1) is 13.1. The highest BCUT2D eigenvalue weighted by molar-refractivity contribution is 6.19. The fourth-order valence-corrected chi connectivity index (χ4v) is 1.82. The minimum absolute atomic E-state index is 0.480. The molecule has 0 amide bonds. The van der Waals surface area contributed by atoms with Gasteiger partial charge in [0.05, 0.1) is 6.61 Å². The van der Waals surface area contributed by atoms with Crippen molar-refractivity contribution in [3.8, 4) is 5.75 Å². The molecule has 0 aliphatic rings. The smallest absolute Gasteiger partial charge is 0.119 e. The van der Waals surface area contributed by atoms with E-state index in [1.165, 1.54) is 5.57 Å². The minimum atomic E-state index is 0.480. The Bertz CT molecular complexity index is 356. The first-order chi connectivity index (χ1) is 7.67. The van der Waals surface area contributed by atoms with Crippen LogP contribution >= 0.6 is 11.6 Å². The highest BCUT2D eigenvalue weighted by atomic mass is 35.5. The summed E-state index contributed by atoms with van der Waals surface area (Å²) in [5.41, 5.74) is 2.39. The Kier molecular flexibility index (Phi) is 5.41. The molecule has 0 bridgehead atoms. The zero-order valence-electron chi connectivity index (χ0n) is 10.2. The van der Waals surface area contributed by atoms with Gasteiger partial charge in [0.1, 0.15) is 5.75 Å². The van der Waals surface area contributed by atoms with Crippen molar-refractivity contribution in [2.75, 3.05) is 12.5 Å². The Balaban J connectivity index is 2.91. The highest BCUT2D eigenvalue weighted by Gasteiger charge is 2.02. The summed E-state index contributed by atoms with van der Waals surface area (Å²) in [5, 5.41) is 0. The first-order valence-corrected chi connectivity index (χ1v) is 6.20. The van der Waals surface area contributed by atoms with Gasteiger partial charge in [-0.05, 0) is 30.5 Å². The van der Waals surface area contributed by atoms with E-state index in [2.05, 4.69) is 26.0 Å². The van der Waals surface area contributed by atoms with E-state index in [1.54, 1.807) is 0 Å². The van der Waals surface area contributed by atoms with E-state index in [0.717, 1.165) is 11.3 Å². The maximum atomic E-state index is 5.91. The number of ether oxygens (including phenoxy) is 1. The lowest BCUT2D eigenvalue weighted by atomic mass is 10.0. The average molecular weight is 239 g/mol. The lowest BCUT2D eigenvalue weighted by Crippen LogP contribution is -1.95. The topological polar surface area (TPSA) is 9.23 Å². The first-order valence-electron chi connectivity index (χ1n) is 5.66. The van der Waals surface area contributed by atoms with Crippen LogP contribution in [-0.2, 0) is 0 Å². The third-order valence-electron chi connectivity index (χ3n) is 2.42. The normalized spacial score (nSPS) is 11.9. The third kappa shape index (κ3) is 3.90. The molecule has 0 aliphatic carbocycles. The summed E-state index contributed by atoms with van der Waals surface area (Å²) in [5.74, 6) is 1.97. The van der Waals surface area contributed by atoms with Crippen LogP contribution in [0.2, 0.25) is 0 Å². The maximum Gasteiger partial charge on any atom is 0.119 e. The van der Waals surface area contributed by atoms with Crippen molar-refractivity contribution in [1.29, 1.82) is 0 Å². The Morgan fingerprint density at radius 1 is 1.44 bits per heavy atom. The number of hydrogen-bond donors (Lipinski definition) is 0. The fourth-order valence-electron chi connectivity index (χ4n) is 1.43.